The monoisotopic (exact) mass is 299 g/mol. The number of hydrogen-bond donors (Lipinski definition) is 1. The fraction of sp³-hybridized carbons (Fsp3) is 0.562. The zero-order valence-corrected chi connectivity index (χ0v) is 13.6. The summed E-state index contributed by atoms with van der Waals surface area (Å²) in [5.74, 6) is -0.660. The molecule has 0 aliphatic rings. The Morgan fingerprint density at radius 3 is 2.35 bits per heavy atom. The molecule has 0 atom stereocenters. The Bertz CT molecular complexity index is 471. The van der Waals surface area contributed by atoms with Crippen LogP contribution in [-0.2, 0) is 11.2 Å². The van der Waals surface area contributed by atoms with Crippen LogP contribution in [0.4, 0.5) is 4.39 Å². The average molecular weight is 300 g/mol. The molecule has 1 aromatic carbocycles. The zero-order valence-electron chi connectivity index (χ0n) is 12.8. The van der Waals surface area contributed by atoms with Crippen molar-refractivity contribution in [2.24, 2.45) is 5.41 Å². The standard InChI is InChI=1S/C16H23ClFNO/c1-15(2,3)10-16(4,5)19-14(20)9-11-12(17)7-6-8-13(11)18/h6-8H,9-10H2,1-5H3,(H,19,20). The van der Waals surface area contributed by atoms with E-state index in [0.29, 0.717) is 0 Å². The predicted molar refractivity (Wildman–Crippen MR) is 81.4 cm³/mol. The van der Waals surface area contributed by atoms with E-state index in [1.54, 1.807) is 6.07 Å². The molecule has 0 aromatic heterocycles. The van der Waals surface area contributed by atoms with Crippen LogP contribution < -0.4 is 5.32 Å². The highest BCUT2D eigenvalue weighted by molar-refractivity contribution is 6.31. The van der Waals surface area contributed by atoms with Gasteiger partial charge in [0.05, 0.1) is 6.42 Å². The largest absolute Gasteiger partial charge is 0.351 e. The maximum absolute atomic E-state index is 13.7. The van der Waals surface area contributed by atoms with Gasteiger partial charge in [0.15, 0.2) is 0 Å². The Hall–Kier alpha value is -1.09. The fourth-order valence-electron chi connectivity index (χ4n) is 2.65. The molecule has 0 aliphatic heterocycles. The Morgan fingerprint density at radius 1 is 1.25 bits per heavy atom. The maximum atomic E-state index is 13.7. The van der Waals surface area contributed by atoms with E-state index in [2.05, 4.69) is 26.1 Å². The van der Waals surface area contributed by atoms with Crippen LogP contribution >= 0.6 is 11.6 Å². The van der Waals surface area contributed by atoms with Gasteiger partial charge in [0.2, 0.25) is 5.91 Å². The van der Waals surface area contributed by atoms with E-state index < -0.39 is 5.82 Å². The molecule has 0 unspecified atom stereocenters. The first kappa shape index (κ1) is 17.0. The summed E-state index contributed by atoms with van der Waals surface area (Å²) in [5.41, 5.74) is 0.0117. The first-order chi connectivity index (χ1) is 9.00. The molecular weight excluding hydrogens is 277 g/mol. The van der Waals surface area contributed by atoms with E-state index in [1.807, 2.05) is 13.8 Å². The third-order valence-corrected chi connectivity index (χ3v) is 3.20. The molecule has 0 heterocycles. The Kier molecular flexibility index (Phi) is 5.20. The molecule has 1 N–H and O–H groups in total. The van der Waals surface area contributed by atoms with Crippen LogP contribution in [0, 0.1) is 11.2 Å². The van der Waals surface area contributed by atoms with Gasteiger partial charge in [-0.15, -0.1) is 0 Å². The van der Waals surface area contributed by atoms with Gasteiger partial charge >= 0.3 is 0 Å². The number of halogens is 2. The third-order valence-electron chi connectivity index (χ3n) is 2.85. The summed E-state index contributed by atoms with van der Waals surface area (Å²) in [6.07, 6.45) is 0.788. The van der Waals surface area contributed by atoms with Crippen LogP contribution in [0.25, 0.3) is 0 Å². The molecule has 0 radical (unpaired) electrons. The average Bonchev–Trinajstić information content (AvgIpc) is 2.19. The van der Waals surface area contributed by atoms with E-state index in [-0.39, 0.29) is 33.9 Å². The molecule has 0 fully saturated rings. The van der Waals surface area contributed by atoms with Crippen LogP contribution in [0.3, 0.4) is 0 Å². The molecule has 0 spiro atoms. The second kappa shape index (κ2) is 6.13. The molecule has 1 amide bonds. The lowest BCUT2D eigenvalue weighted by atomic mass is 9.81. The summed E-state index contributed by atoms with van der Waals surface area (Å²) in [6.45, 7) is 10.3. The summed E-state index contributed by atoms with van der Waals surface area (Å²) in [5, 5.41) is 3.24. The molecule has 20 heavy (non-hydrogen) atoms. The zero-order chi connectivity index (χ0) is 15.6. The van der Waals surface area contributed by atoms with Crippen molar-refractivity contribution < 1.29 is 9.18 Å². The van der Waals surface area contributed by atoms with Gasteiger partial charge in [0, 0.05) is 16.1 Å². The molecule has 112 valence electrons. The van der Waals surface area contributed by atoms with Crippen molar-refractivity contribution >= 4 is 17.5 Å². The minimum atomic E-state index is -0.443. The molecule has 1 rings (SSSR count). The van der Waals surface area contributed by atoms with Gasteiger partial charge in [-0.3, -0.25) is 4.79 Å². The highest BCUT2D eigenvalue weighted by atomic mass is 35.5. The van der Waals surface area contributed by atoms with Crippen molar-refractivity contribution in [3.05, 3.63) is 34.6 Å². The van der Waals surface area contributed by atoms with Gasteiger partial charge < -0.3 is 5.32 Å². The lowest BCUT2D eigenvalue weighted by Crippen LogP contribution is -2.46. The van der Waals surface area contributed by atoms with Crippen molar-refractivity contribution in [3.8, 4) is 0 Å². The second-order valence-corrected chi connectivity index (χ2v) is 7.45. The molecule has 0 saturated carbocycles. The Balaban J connectivity index is 2.73. The highest BCUT2D eigenvalue weighted by Gasteiger charge is 2.27. The van der Waals surface area contributed by atoms with Gasteiger partial charge in [-0.1, -0.05) is 38.4 Å². The first-order valence-corrected chi connectivity index (χ1v) is 7.12. The number of nitrogens with one attached hydrogen (secondary N) is 1. The van der Waals surface area contributed by atoms with Crippen molar-refractivity contribution in [2.45, 2.75) is 53.0 Å². The Labute approximate surface area is 125 Å². The maximum Gasteiger partial charge on any atom is 0.224 e. The van der Waals surface area contributed by atoms with Crippen LogP contribution in [-0.4, -0.2) is 11.4 Å². The summed E-state index contributed by atoms with van der Waals surface area (Å²) < 4.78 is 13.7. The lowest BCUT2D eigenvalue weighted by molar-refractivity contribution is -0.122. The van der Waals surface area contributed by atoms with Gasteiger partial charge in [0.1, 0.15) is 5.82 Å². The van der Waals surface area contributed by atoms with Gasteiger partial charge in [0.25, 0.3) is 0 Å². The second-order valence-electron chi connectivity index (χ2n) is 7.05. The smallest absolute Gasteiger partial charge is 0.224 e. The van der Waals surface area contributed by atoms with Gasteiger partial charge in [-0.05, 0) is 37.8 Å². The number of hydrogen-bond acceptors (Lipinski definition) is 1. The van der Waals surface area contributed by atoms with E-state index in [9.17, 15) is 9.18 Å². The van der Waals surface area contributed by atoms with E-state index in [1.165, 1.54) is 12.1 Å². The Morgan fingerprint density at radius 2 is 1.85 bits per heavy atom. The van der Waals surface area contributed by atoms with Crippen molar-refractivity contribution in [1.82, 2.24) is 5.32 Å². The summed E-state index contributed by atoms with van der Waals surface area (Å²) >= 11 is 5.93. The molecule has 1 aromatic rings. The number of carbonyl (C=O) groups excluding carboxylic acids is 1. The topological polar surface area (TPSA) is 29.1 Å². The first-order valence-electron chi connectivity index (χ1n) is 6.74. The molecule has 0 bridgehead atoms. The van der Waals surface area contributed by atoms with Crippen molar-refractivity contribution in [2.75, 3.05) is 0 Å². The SMILES string of the molecule is CC(C)(C)CC(C)(C)NC(=O)Cc1c(F)cccc1Cl. The molecule has 4 heteroatoms. The number of amides is 1. The van der Waals surface area contributed by atoms with E-state index >= 15 is 0 Å². The number of carbonyl (C=O) groups is 1. The van der Waals surface area contributed by atoms with Crippen LogP contribution in [0.15, 0.2) is 18.2 Å². The number of rotatable bonds is 4. The third kappa shape index (κ3) is 5.49. The van der Waals surface area contributed by atoms with E-state index in [0.717, 1.165) is 6.42 Å². The lowest BCUT2D eigenvalue weighted by Gasteiger charge is -2.33. The summed E-state index contributed by atoms with van der Waals surface area (Å²) in [7, 11) is 0. The molecular formula is C16H23ClFNO. The quantitative estimate of drug-likeness (QED) is 0.879. The van der Waals surface area contributed by atoms with Crippen LogP contribution in [0.1, 0.15) is 46.6 Å². The summed E-state index contributed by atoms with van der Waals surface area (Å²) in [4.78, 5) is 12.1. The summed E-state index contributed by atoms with van der Waals surface area (Å²) in [6, 6.07) is 4.44. The predicted octanol–water partition coefficient (Wildman–Crippen LogP) is 4.35. The molecule has 2 nitrogen and oxygen atoms in total. The highest BCUT2D eigenvalue weighted by Crippen LogP contribution is 2.27. The normalized spacial score (nSPS) is 12.3. The van der Waals surface area contributed by atoms with Crippen LogP contribution in [0.2, 0.25) is 5.02 Å². The molecule has 0 saturated heterocycles. The minimum Gasteiger partial charge on any atom is -0.351 e. The van der Waals surface area contributed by atoms with Gasteiger partial charge in [-0.2, -0.15) is 0 Å². The molecule has 0 aliphatic carbocycles. The number of benzene rings is 1. The van der Waals surface area contributed by atoms with Gasteiger partial charge in [-0.25, -0.2) is 4.39 Å². The fourth-order valence-corrected chi connectivity index (χ4v) is 2.88. The van der Waals surface area contributed by atoms with Crippen LogP contribution in [0.5, 0.6) is 0 Å². The minimum absolute atomic E-state index is 0.0426. The van der Waals surface area contributed by atoms with Crippen molar-refractivity contribution in [3.63, 3.8) is 0 Å². The van der Waals surface area contributed by atoms with Crippen molar-refractivity contribution in [1.29, 1.82) is 0 Å². The van der Waals surface area contributed by atoms with E-state index in [4.69, 9.17) is 11.6 Å².